The van der Waals surface area contributed by atoms with E-state index in [-0.39, 0.29) is 11.7 Å². The number of alkyl halides is 25. The lowest BCUT2D eigenvalue weighted by molar-refractivity contribution is -0.664. The number of carbonyl (C=O) groups is 1. The third-order valence-corrected chi connectivity index (χ3v) is 12.2. The summed E-state index contributed by atoms with van der Waals surface area (Å²) < 4.78 is 343. The van der Waals surface area contributed by atoms with Crippen LogP contribution < -0.4 is 26.4 Å². The Labute approximate surface area is 427 Å². The molecule has 2 nitrogen and oxygen atoms in total. The Kier molecular flexibility index (Phi) is 16.3. The highest BCUT2D eigenvalue weighted by Gasteiger charge is 2.47. The van der Waals surface area contributed by atoms with Crippen LogP contribution in [0.5, 0.6) is 0 Å². The largest absolute Gasteiger partial charge is 0.416 e. The normalized spacial score (nSPS) is 13.3. The third-order valence-electron chi connectivity index (χ3n) is 12.0. The van der Waals surface area contributed by atoms with Crippen molar-refractivity contribution in [1.82, 2.24) is 0 Å². The Morgan fingerprint density at radius 2 is 0.628 bits per heavy atom. The number of pyridine rings is 1. The first-order valence-electron chi connectivity index (χ1n) is 21.5. The summed E-state index contributed by atoms with van der Waals surface area (Å²) >= 11 is 5.75. The van der Waals surface area contributed by atoms with Gasteiger partial charge in [-0.3, -0.25) is 4.79 Å². The molecule has 0 aliphatic rings. The van der Waals surface area contributed by atoms with Crippen molar-refractivity contribution >= 4 is 56.3 Å². The van der Waals surface area contributed by atoms with E-state index in [1.165, 1.54) is 0 Å². The van der Waals surface area contributed by atoms with Crippen LogP contribution in [-0.4, -0.2) is 17.8 Å². The van der Waals surface area contributed by atoms with Crippen molar-refractivity contribution in [3.8, 4) is 0 Å². The molecule has 0 amide bonds. The number of fused-ring (bicyclic) bond motifs is 1. The van der Waals surface area contributed by atoms with E-state index in [9.17, 15) is 110 Å². The Hall–Kier alpha value is -6.93. The number of carbonyl (C=O) groups excluding carboxylic acids is 1. The highest BCUT2D eigenvalue weighted by molar-refractivity contribution is 7.20. The highest BCUT2D eigenvalue weighted by atomic mass is 35.5. The molecule has 1 aromatic heterocycles. The van der Waals surface area contributed by atoms with Crippen molar-refractivity contribution in [1.29, 1.82) is 0 Å². The summed E-state index contributed by atoms with van der Waals surface area (Å²) in [6, 6.07) is 13.2. The highest BCUT2D eigenvalue weighted by Crippen LogP contribution is 2.41. The summed E-state index contributed by atoms with van der Waals surface area (Å²) in [6.07, 6.45) is -54.8. The topological polar surface area (TPSA) is 20.9 Å². The minimum Gasteiger partial charge on any atom is -0.286 e. The molecule has 416 valence electrons. The number of nitrogens with zero attached hydrogens (tertiary/aromatic N) is 1. The van der Waals surface area contributed by atoms with E-state index in [0.717, 1.165) is 16.5 Å². The van der Waals surface area contributed by atoms with Gasteiger partial charge in [0.1, 0.15) is 6.15 Å². The number of hydrogen-bond acceptors (Lipinski definition) is 1. The quantitative estimate of drug-likeness (QED) is 0.0488. The Bertz CT molecular complexity index is 2890. The van der Waals surface area contributed by atoms with Gasteiger partial charge in [-0.25, -0.2) is 0 Å². The fourth-order valence-corrected chi connectivity index (χ4v) is 8.72. The first kappa shape index (κ1) is 60.3. The van der Waals surface area contributed by atoms with Crippen LogP contribution in [0.3, 0.4) is 0 Å². The van der Waals surface area contributed by atoms with Crippen LogP contribution in [0.25, 0.3) is 10.9 Å². The number of halogens is 25. The maximum absolute atomic E-state index is 14.2. The van der Waals surface area contributed by atoms with Crippen LogP contribution in [0.15, 0.2) is 140 Å². The van der Waals surface area contributed by atoms with Crippen molar-refractivity contribution in [3.63, 3.8) is 0 Å². The van der Waals surface area contributed by atoms with E-state index in [1.807, 2.05) is 59.2 Å². The molecule has 0 fully saturated rings. The van der Waals surface area contributed by atoms with Crippen LogP contribution in [0.2, 0.25) is 0 Å². The average molecular weight is 1160 g/mol. The molecule has 0 aliphatic carbocycles. The number of aromatic nitrogens is 1. The first-order chi connectivity index (χ1) is 35.6. The molecule has 0 N–H and O–H groups in total. The molecule has 7 aromatic rings. The fraction of sp³-hybridized carbons (Fsp3) is 0.200. The van der Waals surface area contributed by atoms with Crippen LogP contribution in [0.1, 0.15) is 60.6 Å². The SMILES string of the molecule is FC(F)(F)c1cc([B-](c2cc(C(F)(F)F)cc(C(F)(F)F)c2)(c2cc(C(F)(F)F)cc(C(F)(F)F)c2)c2cc(C(F)(F)F)cc(C(F)(F)F)c2)cc(C(F)(F)F)c1.O=C(CCl)c1ccc2ccccc2[n+]1Cc1ccccc1. The molecule has 0 radical (unpaired) electrons. The zero-order chi connectivity index (χ0) is 58.6. The Morgan fingerprint density at radius 3 is 0.897 bits per heavy atom. The van der Waals surface area contributed by atoms with Gasteiger partial charge in [0.05, 0.1) is 50.4 Å². The second-order valence-corrected chi connectivity index (χ2v) is 17.4. The molecule has 28 heteroatoms. The summed E-state index contributed by atoms with van der Waals surface area (Å²) in [6.45, 7) is 0.653. The second kappa shape index (κ2) is 21.0. The van der Waals surface area contributed by atoms with E-state index >= 15 is 0 Å². The number of hydrogen-bond donors (Lipinski definition) is 0. The molecule has 1 heterocycles. The van der Waals surface area contributed by atoms with Crippen molar-refractivity contribution in [3.05, 3.63) is 195 Å². The van der Waals surface area contributed by atoms with Gasteiger partial charge in [0.2, 0.25) is 11.3 Å². The molecule has 0 atom stereocenters. The fourth-order valence-electron chi connectivity index (χ4n) is 8.58. The van der Waals surface area contributed by atoms with Gasteiger partial charge in [-0.1, -0.05) is 91.0 Å². The number of para-hydroxylation sites is 1. The summed E-state index contributed by atoms with van der Waals surface area (Å²) in [4.78, 5) is 12.1. The molecule has 7 rings (SSSR count). The van der Waals surface area contributed by atoms with Crippen molar-refractivity contribution in [2.45, 2.75) is 56.0 Å². The van der Waals surface area contributed by atoms with E-state index in [0.29, 0.717) is 12.2 Å². The smallest absolute Gasteiger partial charge is 0.286 e. The van der Waals surface area contributed by atoms with Crippen LogP contribution >= 0.6 is 11.6 Å². The predicted octanol–water partition coefficient (Wildman–Crippen LogP) is 14.8. The van der Waals surface area contributed by atoms with Gasteiger partial charge >= 0.3 is 49.4 Å². The minimum atomic E-state index is -6.13. The van der Waals surface area contributed by atoms with Crippen molar-refractivity contribution < 1.29 is 115 Å². The summed E-state index contributed by atoms with van der Waals surface area (Å²) in [5, 5.41) is 1.11. The maximum atomic E-state index is 14.2. The standard InChI is InChI=1S/C32H12BF24.C18H15ClNO/c34-25(35,36)13-1-14(26(37,38)39)6-21(5-13)33(22-7-15(27(40,41)42)2-16(8-22)28(43,44)45,23-9-17(29(46,47)48)3-18(10-23)30(49,50)51)24-11-19(31(52,53)54)4-20(12-24)32(55,56)57;19-12-18(21)17-11-10-15-8-4-5-9-16(15)20(17)13-14-6-2-1-3-7-14/h1-12H;1-11H,12-13H2/q-1;+1. The van der Waals surface area contributed by atoms with E-state index in [2.05, 4.69) is 12.1 Å². The summed E-state index contributed by atoms with van der Waals surface area (Å²) in [5.41, 5.74) is -27.4. The Morgan fingerprint density at radius 1 is 0.359 bits per heavy atom. The minimum absolute atomic E-state index is 0.00682. The van der Waals surface area contributed by atoms with Crippen molar-refractivity contribution in [2.75, 3.05) is 5.88 Å². The molecule has 0 saturated heterocycles. The molecular weight excluding hydrogens is 1130 g/mol. The van der Waals surface area contributed by atoms with Crippen LogP contribution in [0, 0.1) is 0 Å². The molecule has 78 heavy (non-hydrogen) atoms. The molecule has 0 aliphatic heterocycles. The first-order valence-corrected chi connectivity index (χ1v) is 22.0. The molecule has 6 aromatic carbocycles. The maximum Gasteiger partial charge on any atom is 0.416 e. The lowest BCUT2D eigenvalue weighted by Gasteiger charge is -2.46. The lowest BCUT2D eigenvalue weighted by Crippen LogP contribution is -2.75. The monoisotopic (exact) mass is 1160 g/mol. The van der Waals surface area contributed by atoms with E-state index in [1.54, 1.807) is 0 Å². The van der Waals surface area contributed by atoms with E-state index in [4.69, 9.17) is 11.6 Å². The molecule has 0 bridgehead atoms. The zero-order valence-electron chi connectivity index (χ0n) is 38.1. The van der Waals surface area contributed by atoms with Gasteiger partial charge in [-0.15, -0.1) is 11.6 Å². The van der Waals surface area contributed by atoms with E-state index < -0.39 is 195 Å². The number of rotatable bonds is 8. The van der Waals surface area contributed by atoms with Gasteiger partial charge in [0.25, 0.3) is 5.69 Å². The van der Waals surface area contributed by atoms with Gasteiger partial charge in [0, 0.05) is 23.1 Å². The number of ketones is 1. The van der Waals surface area contributed by atoms with Crippen LogP contribution in [-0.2, 0) is 56.0 Å². The average Bonchev–Trinajstić information content (AvgIpc) is 3.32. The third kappa shape index (κ3) is 13.3. The Balaban J connectivity index is 0.000000387. The van der Waals surface area contributed by atoms with Crippen LogP contribution in [0.4, 0.5) is 105 Å². The second-order valence-electron chi connectivity index (χ2n) is 17.1. The van der Waals surface area contributed by atoms with Gasteiger partial charge in [0.15, 0.2) is 6.54 Å². The summed E-state index contributed by atoms with van der Waals surface area (Å²) in [7, 11) is 0. The number of Topliss-reactive ketones (excluding diaryl/α,β-unsaturated/α-hetero) is 1. The molecule has 0 spiro atoms. The summed E-state index contributed by atoms with van der Waals surface area (Å²) in [5.74, 6) is -0.0639. The van der Waals surface area contributed by atoms with Crippen molar-refractivity contribution in [2.24, 2.45) is 0 Å². The zero-order valence-corrected chi connectivity index (χ0v) is 38.8. The molecule has 0 unspecified atom stereocenters. The number of benzene rings is 6. The van der Waals surface area contributed by atoms with Gasteiger partial charge in [-0.05, 0) is 36.4 Å². The predicted molar refractivity (Wildman–Crippen MR) is 235 cm³/mol. The van der Waals surface area contributed by atoms with Gasteiger partial charge < -0.3 is 0 Å². The molecule has 0 saturated carbocycles. The van der Waals surface area contributed by atoms with Gasteiger partial charge in [-0.2, -0.15) is 132 Å². The lowest BCUT2D eigenvalue weighted by atomic mass is 9.12. The molecular formula is C50H27BClF24NO.